The first kappa shape index (κ1) is 18.8. The second kappa shape index (κ2) is 9.12. The summed E-state index contributed by atoms with van der Waals surface area (Å²) in [6.07, 6.45) is 12.6. The Morgan fingerprint density at radius 2 is 2.15 bits per heavy atom. The number of nitrogens with two attached hydrogens (primary N) is 1. The van der Waals surface area contributed by atoms with E-state index in [-0.39, 0.29) is 5.91 Å². The maximum absolute atomic E-state index is 12.9. The normalized spacial score (nSPS) is 21.8. The maximum Gasteiger partial charge on any atom is 0.249 e. The van der Waals surface area contributed by atoms with Crippen LogP contribution in [0.5, 0.6) is 0 Å². The van der Waals surface area contributed by atoms with Crippen LogP contribution >= 0.6 is 0 Å². The van der Waals surface area contributed by atoms with E-state index in [9.17, 15) is 4.79 Å². The summed E-state index contributed by atoms with van der Waals surface area (Å²) < 4.78 is 0. The van der Waals surface area contributed by atoms with Gasteiger partial charge in [0.2, 0.25) is 5.91 Å². The Morgan fingerprint density at radius 1 is 1.27 bits per heavy atom. The highest BCUT2D eigenvalue weighted by Gasteiger charge is 2.25. The fraction of sp³-hybridized carbons (Fsp3) is 0.650. The van der Waals surface area contributed by atoms with E-state index in [2.05, 4.69) is 32.9 Å². The van der Waals surface area contributed by atoms with Gasteiger partial charge >= 0.3 is 0 Å². The highest BCUT2D eigenvalue weighted by atomic mass is 16.2. The van der Waals surface area contributed by atoms with Crippen molar-refractivity contribution >= 4 is 11.7 Å². The quantitative estimate of drug-likeness (QED) is 0.897. The van der Waals surface area contributed by atoms with Crippen LogP contribution in [0.1, 0.15) is 57.2 Å². The zero-order chi connectivity index (χ0) is 18.4. The lowest BCUT2D eigenvalue weighted by atomic mass is 10.1. The van der Waals surface area contributed by atoms with E-state index in [4.69, 9.17) is 5.73 Å². The predicted molar refractivity (Wildman–Crippen MR) is 103 cm³/mol. The van der Waals surface area contributed by atoms with Crippen LogP contribution in [0.2, 0.25) is 0 Å². The Hall–Kier alpha value is -1.95. The molecule has 142 valence electrons. The molecule has 1 atom stereocenters. The Bertz CT molecular complexity index is 645. The molecule has 0 radical (unpaired) electrons. The maximum atomic E-state index is 12.9. The van der Waals surface area contributed by atoms with Gasteiger partial charge in [-0.15, -0.1) is 0 Å². The van der Waals surface area contributed by atoms with Gasteiger partial charge in [-0.2, -0.15) is 0 Å². The number of aromatic nitrogens is 2. The van der Waals surface area contributed by atoms with E-state index in [0.717, 1.165) is 63.0 Å². The molecule has 1 aliphatic heterocycles. The number of allylic oxidation sites excluding steroid dienone is 1. The van der Waals surface area contributed by atoms with Crippen molar-refractivity contribution in [1.29, 1.82) is 0 Å². The second-order valence-corrected chi connectivity index (χ2v) is 7.52. The summed E-state index contributed by atoms with van der Waals surface area (Å²) in [6.45, 7) is 2.40. The minimum Gasteiger partial charge on any atom is -0.384 e. The Labute approximate surface area is 156 Å². The van der Waals surface area contributed by atoms with Crippen LogP contribution in [0.15, 0.2) is 23.9 Å². The molecule has 1 aromatic rings. The van der Waals surface area contributed by atoms with Gasteiger partial charge in [-0.1, -0.05) is 12.5 Å². The lowest BCUT2D eigenvalue weighted by Gasteiger charge is -2.27. The topological polar surface area (TPSA) is 75.4 Å². The van der Waals surface area contributed by atoms with E-state index in [1.54, 1.807) is 12.3 Å². The Balaban J connectivity index is 1.55. The molecule has 0 spiro atoms. The number of carbonyl (C=O) groups excluding carboxylic acids is 1. The van der Waals surface area contributed by atoms with Gasteiger partial charge in [-0.25, -0.2) is 9.97 Å². The SMILES string of the molecule is CN(Cc1nccc(N)n1)C1CCCN(C(=O)C2=CCCCCC2)CC1. The van der Waals surface area contributed by atoms with Gasteiger partial charge in [-0.05, 0) is 58.1 Å². The van der Waals surface area contributed by atoms with Crippen molar-refractivity contribution < 1.29 is 4.79 Å². The zero-order valence-corrected chi connectivity index (χ0v) is 15.9. The van der Waals surface area contributed by atoms with Gasteiger partial charge in [0.25, 0.3) is 0 Å². The van der Waals surface area contributed by atoms with E-state index in [0.29, 0.717) is 18.4 Å². The third-order valence-electron chi connectivity index (χ3n) is 5.54. The Morgan fingerprint density at radius 3 is 3.00 bits per heavy atom. The van der Waals surface area contributed by atoms with Gasteiger partial charge in [0.1, 0.15) is 11.6 Å². The fourth-order valence-electron chi connectivity index (χ4n) is 3.98. The third-order valence-corrected chi connectivity index (χ3v) is 5.54. The molecule has 2 aliphatic rings. The number of amides is 1. The monoisotopic (exact) mass is 357 g/mol. The van der Waals surface area contributed by atoms with Gasteiger partial charge in [-0.3, -0.25) is 9.69 Å². The minimum atomic E-state index is 0.273. The van der Waals surface area contributed by atoms with Crippen LogP contribution in [0.25, 0.3) is 0 Å². The Kier molecular flexibility index (Phi) is 6.61. The number of hydrogen-bond donors (Lipinski definition) is 1. The number of carbonyl (C=O) groups is 1. The van der Waals surface area contributed by atoms with Crippen LogP contribution < -0.4 is 5.73 Å². The van der Waals surface area contributed by atoms with Gasteiger partial charge in [0.15, 0.2) is 0 Å². The molecule has 1 fully saturated rings. The molecule has 2 N–H and O–H groups in total. The first-order valence-electron chi connectivity index (χ1n) is 9.89. The summed E-state index contributed by atoms with van der Waals surface area (Å²) in [4.78, 5) is 25.8. The lowest BCUT2D eigenvalue weighted by Crippen LogP contribution is -2.35. The largest absolute Gasteiger partial charge is 0.384 e. The molecule has 3 rings (SSSR count). The van der Waals surface area contributed by atoms with Crippen LogP contribution in [0.4, 0.5) is 5.82 Å². The number of likely N-dealkylation sites (tertiary alicyclic amines) is 1. The van der Waals surface area contributed by atoms with Crippen LogP contribution in [0, 0.1) is 0 Å². The van der Waals surface area contributed by atoms with Crippen molar-refractivity contribution in [2.75, 3.05) is 25.9 Å². The molecular weight excluding hydrogens is 326 g/mol. The van der Waals surface area contributed by atoms with E-state index in [1.165, 1.54) is 12.8 Å². The average molecular weight is 358 g/mol. The van der Waals surface area contributed by atoms with Crippen molar-refractivity contribution in [3.63, 3.8) is 0 Å². The van der Waals surface area contributed by atoms with Crippen molar-refractivity contribution in [2.24, 2.45) is 0 Å². The summed E-state index contributed by atoms with van der Waals surface area (Å²) in [5.41, 5.74) is 6.80. The number of anilines is 1. The van der Waals surface area contributed by atoms with Crippen LogP contribution in [-0.4, -0.2) is 51.9 Å². The molecule has 1 saturated heterocycles. The molecule has 2 heterocycles. The van der Waals surface area contributed by atoms with E-state index >= 15 is 0 Å². The smallest absolute Gasteiger partial charge is 0.249 e. The lowest BCUT2D eigenvalue weighted by molar-refractivity contribution is -0.127. The molecule has 6 heteroatoms. The summed E-state index contributed by atoms with van der Waals surface area (Å²) in [5.74, 6) is 1.54. The second-order valence-electron chi connectivity index (χ2n) is 7.52. The molecule has 0 aromatic carbocycles. The fourth-order valence-corrected chi connectivity index (χ4v) is 3.98. The third kappa shape index (κ3) is 5.04. The van der Waals surface area contributed by atoms with Crippen LogP contribution in [-0.2, 0) is 11.3 Å². The van der Waals surface area contributed by atoms with Crippen LogP contribution in [0.3, 0.4) is 0 Å². The molecular formula is C20H31N5O. The first-order valence-corrected chi connectivity index (χ1v) is 9.89. The molecule has 1 aromatic heterocycles. The van der Waals surface area contributed by atoms with Crippen molar-refractivity contribution in [2.45, 2.75) is 64.0 Å². The van der Waals surface area contributed by atoms with Gasteiger partial charge in [0.05, 0.1) is 6.54 Å². The summed E-state index contributed by atoms with van der Waals surface area (Å²) in [7, 11) is 2.11. The molecule has 26 heavy (non-hydrogen) atoms. The molecule has 1 aliphatic carbocycles. The minimum absolute atomic E-state index is 0.273. The zero-order valence-electron chi connectivity index (χ0n) is 15.9. The van der Waals surface area contributed by atoms with Crippen molar-refractivity contribution in [3.8, 4) is 0 Å². The van der Waals surface area contributed by atoms with E-state index < -0.39 is 0 Å². The number of rotatable bonds is 4. The number of nitrogen functional groups attached to an aromatic ring is 1. The highest BCUT2D eigenvalue weighted by molar-refractivity contribution is 5.93. The predicted octanol–water partition coefficient (Wildman–Crippen LogP) is 2.76. The molecule has 6 nitrogen and oxygen atoms in total. The standard InChI is InChI=1S/C20H31N5O/c1-24(15-19-22-12-10-18(21)23-19)17-9-6-13-25(14-11-17)20(26)16-7-4-2-3-5-8-16/h7,10,12,17H,2-6,8-9,11,13-15H2,1H3,(H2,21,22,23). The summed E-state index contributed by atoms with van der Waals surface area (Å²) in [5, 5.41) is 0. The average Bonchev–Trinajstić information content (AvgIpc) is 3.04. The molecule has 1 unspecified atom stereocenters. The molecule has 1 amide bonds. The first-order chi connectivity index (χ1) is 12.6. The molecule has 0 saturated carbocycles. The number of nitrogens with zero attached hydrogens (tertiary/aromatic N) is 4. The van der Waals surface area contributed by atoms with Crippen molar-refractivity contribution in [3.05, 3.63) is 29.7 Å². The van der Waals surface area contributed by atoms with Crippen molar-refractivity contribution in [1.82, 2.24) is 19.8 Å². The summed E-state index contributed by atoms with van der Waals surface area (Å²) >= 11 is 0. The van der Waals surface area contributed by atoms with Gasteiger partial charge in [0, 0.05) is 30.9 Å². The molecule has 0 bridgehead atoms. The highest BCUT2D eigenvalue weighted by Crippen LogP contribution is 2.22. The number of hydrogen-bond acceptors (Lipinski definition) is 5. The van der Waals surface area contributed by atoms with E-state index in [1.807, 2.05) is 0 Å². The summed E-state index contributed by atoms with van der Waals surface area (Å²) in [6, 6.07) is 2.15. The van der Waals surface area contributed by atoms with Gasteiger partial charge < -0.3 is 10.6 Å².